The van der Waals surface area contributed by atoms with E-state index in [2.05, 4.69) is 27.7 Å². The van der Waals surface area contributed by atoms with Gasteiger partial charge >= 0.3 is 5.97 Å². The quantitative estimate of drug-likeness (QED) is 0.736. The Morgan fingerprint density at radius 2 is 1.83 bits per heavy atom. The summed E-state index contributed by atoms with van der Waals surface area (Å²) in [5.41, 5.74) is 1.74. The molecule has 0 amide bonds. The van der Waals surface area contributed by atoms with Crippen LogP contribution in [0.3, 0.4) is 0 Å². The number of carbonyl (C=O) groups excluding carboxylic acids is 2. The van der Waals surface area contributed by atoms with Gasteiger partial charge in [-0.1, -0.05) is 39.8 Å². The van der Waals surface area contributed by atoms with Crippen molar-refractivity contribution in [3.8, 4) is 0 Å². The fourth-order valence-electron chi connectivity index (χ4n) is 3.97. The Balaban J connectivity index is 2.10. The molecule has 0 bridgehead atoms. The molecular formula is C21H30O3. The van der Waals surface area contributed by atoms with E-state index >= 15 is 0 Å². The molecule has 2 atom stereocenters. The summed E-state index contributed by atoms with van der Waals surface area (Å²) in [6.07, 6.45) is 3.77. The number of esters is 1. The zero-order valence-corrected chi connectivity index (χ0v) is 15.6. The van der Waals surface area contributed by atoms with Gasteiger partial charge in [0.2, 0.25) is 0 Å². The van der Waals surface area contributed by atoms with Gasteiger partial charge in [0.25, 0.3) is 0 Å². The zero-order valence-electron chi connectivity index (χ0n) is 15.6. The Morgan fingerprint density at radius 1 is 1.21 bits per heavy atom. The van der Waals surface area contributed by atoms with E-state index < -0.39 is 0 Å². The van der Waals surface area contributed by atoms with Gasteiger partial charge in [-0.15, -0.1) is 0 Å². The first-order chi connectivity index (χ1) is 11.2. The molecule has 0 aromatic heterocycles. The number of hydrogen-bond acceptors (Lipinski definition) is 3. The fourth-order valence-corrected chi connectivity index (χ4v) is 3.97. The van der Waals surface area contributed by atoms with Crippen LogP contribution < -0.4 is 0 Å². The molecule has 1 aromatic carbocycles. The third-order valence-corrected chi connectivity index (χ3v) is 5.47. The maximum Gasteiger partial charge on any atom is 0.337 e. The van der Waals surface area contributed by atoms with Crippen molar-refractivity contribution in [3.63, 3.8) is 0 Å². The molecule has 0 spiro atoms. The Bertz CT molecular complexity index is 584. The number of hydrogen-bond donors (Lipinski definition) is 0. The topological polar surface area (TPSA) is 43.4 Å². The number of carbonyl (C=O) groups is 2. The van der Waals surface area contributed by atoms with Gasteiger partial charge in [-0.25, -0.2) is 4.79 Å². The predicted octanol–water partition coefficient (Wildman–Crippen LogP) is 4.68. The normalized spacial score (nSPS) is 23.1. The van der Waals surface area contributed by atoms with Crippen LogP contribution in [0.4, 0.5) is 0 Å². The molecule has 3 heteroatoms. The van der Waals surface area contributed by atoms with Gasteiger partial charge in [0, 0.05) is 12.3 Å². The van der Waals surface area contributed by atoms with Crippen molar-refractivity contribution in [1.82, 2.24) is 0 Å². The van der Waals surface area contributed by atoms with Gasteiger partial charge in [-0.05, 0) is 54.2 Å². The average molecular weight is 330 g/mol. The molecule has 1 saturated carbocycles. The highest BCUT2D eigenvalue weighted by Crippen LogP contribution is 2.45. The van der Waals surface area contributed by atoms with Crippen LogP contribution in [0.2, 0.25) is 0 Å². The van der Waals surface area contributed by atoms with Gasteiger partial charge < -0.3 is 4.74 Å². The summed E-state index contributed by atoms with van der Waals surface area (Å²) in [5, 5.41) is 0. The summed E-state index contributed by atoms with van der Waals surface area (Å²) in [5.74, 6) is 1.17. The molecule has 0 radical (unpaired) electrons. The molecule has 0 N–H and O–H groups in total. The number of Topliss-reactive ketones (excluding diaryl/α,β-unsaturated/α-hetero) is 1. The summed E-state index contributed by atoms with van der Waals surface area (Å²) >= 11 is 0. The number of ether oxygens (including phenoxy) is 1. The van der Waals surface area contributed by atoms with Crippen molar-refractivity contribution in [1.29, 1.82) is 0 Å². The van der Waals surface area contributed by atoms with E-state index in [0.717, 1.165) is 18.4 Å². The van der Waals surface area contributed by atoms with Crippen LogP contribution >= 0.6 is 0 Å². The van der Waals surface area contributed by atoms with Crippen molar-refractivity contribution in [2.24, 2.45) is 23.2 Å². The number of ketones is 1. The smallest absolute Gasteiger partial charge is 0.337 e. The third-order valence-electron chi connectivity index (χ3n) is 5.47. The number of benzene rings is 1. The molecule has 1 aromatic rings. The maximum atomic E-state index is 13.0. The molecular weight excluding hydrogens is 300 g/mol. The molecule has 1 aliphatic carbocycles. The van der Waals surface area contributed by atoms with Crippen LogP contribution in [0.1, 0.15) is 62.9 Å². The minimum absolute atomic E-state index is 0.147. The standard InChI is InChI=1S/C21H30O3/c1-14(2)17-10-11-21(3,4)13-18(17)19(22)12-15-6-8-16(9-7-15)20(23)24-5/h6-9,14,17-18H,10-13H2,1-5H3. The molecule has 24 heavy (non-hydrogen) atoms. The highest BCUT2D eigenvalue weighted by atomic mass is 16.5. The van der Waals surface area contributed by atoms with Crippen LogP contribution in [0, 0.1) is 23.2 Å². The van der Waals surface area contributed by atoms with Crippen molar-refractivity contribution in [2.75, 3.05) is 7.11 Å². The van der Waals surface area contributed by atoms with Crippen LogP contribution in [0.15, 0.2) is 24.3 Å². The maximum absolute atomic E-state index is 13.0. The minimum Gasteiger partial charge on any atom is -0.465 e. The number of rotatable bonds is 5. The van der Waals surface area contributed by atoms with E-state index in [1.165, 1.54) is 13.5 Å². The van der Waals surface area contributed by atoms with E-state index in [9.17, 15) is 9.59 Å². The molecule has 1 fully saturated rings. The lowest BCUT2D eigenvalue weighted by Crippen LogP contribution is -2.37. The lowest BCUT2D eigenvalue weighted by molar-refractivity contribution is -0.127. The lowest BCUT2D eigenvalue weighted by atomic mass is 9.62. The van der Waals surface area contributed by atoms with Gasteiger partial charge in [0.05, 0.1) is 12.7 Å². The van der Waals surface area contributed by atoms with Gasteiger partial charge in [-0.3, -0.25) is 4.79 Å². The Morgan fingerprint density at radius 3 is 2.38 bits per heavy atom. The Kier molecular flexibility index (Phi) is 5.84. The van der Waals surface area contributed by atoms with Crippen LogP contribution in [-0.4, -0.2) is 18.9 Å². The van der Waals surface area contributed by atoms with E-state index in [1.807, 2.05) is 12.1 Å². The lowest BCUT2D eigenvalue weighted by Gasteiger charge is -2.42. The summed E-state index contributed by atoms with van der Waals surface area (Å²) in [7, 11) is 1.37. The highest BCUT2D eigenvalue weighted by Gasteiger charge is 2.39. The van der Waals surface area contributed by atoms with Crippen molar-refractivity contribution < 1.29 is 14.3 Å². The van der Waals surface area contributed by atoms with Crippen molar-refractivity contribution in [2.45, 2.75) is 53.4 Å². The summed E-state index contributed by atoms with van der Waals surface area (Å²) < 4.78 is 4.71. The van der Waals surface area contributed by atoms with Crippen LogP contribution in [0.5, 0.6) is 0 Å². The predicted molar refractivity (Wildman–Crippen MR) is 95.9 cm³/mol. The minimum atomic E-state index is -0.346. The van der Waals surface area contributed by atoms with Gasteiger partial charge in [0.1, 0.15) is 5.78 Å². The molecule has 132 valence electrons. The molecule has 0 heterocycles. The third kappa shape index (κ3) is 4.46. The molecule has 0 saturated heterocycles. The molecule has 2 unspecified atom stereocenters. The highest BCUT2D eigenvalue weighted by molar-refractivity contribution is 5.89. The fraction of sp³-hybridized carbons (Fsp3) is 0.619. The molecule has 1 aliphatic rings. The molecule has 2 rings (SSSR count). The number of methoxy groups -OCH3 is 1. The zero-order chi connectivity index (χ0) is 17.9. The second-order valence-electron chi connectivity index (χ2n) is 8.25. The summed E-state index contributed by atoms with van der Waals surface area (Å²) in [4.78, 5) is 24.4. The first kappa shape index (κ1) is 18.7. The largest absolute Gasteiger partial charge is 0.465 e. The van der Waals surface area contributed by atoms with Gasteiger partial charge in [0.15, 0.2) is 0 Å². The van der Waals surface area contributed by atoms with E-state index in [-0.39, 0.29) is 17.3 Å². The summed E-state index contributed by atoms with van der Waals surface area (Å²) in [6, 6.07) is 7.20. The SMILES string of the molecule is COC(=O)c1ccc(CC(=O)C2CC(C)(C)CCC2C(C)C)cc1. The van der Waals surface area contributed by atoms with E-state index in [0.29, 0.717) is 29.6 Å². The Labute approximate surface area is 145 Å². The molecule has 3 nitrogen and oxygen atoms in total. The van der Waals surface area contributed by atoms with Gasteiger partial charge in [-0.2, -0.15) is 0 Å². The second kappa shape index (κ2) is 7.50. The first-order valence-corrected chi connectivity index (χ1v) is 8.93. The first-order valence-electron chi connectivity index (χ1n) is 8.93. The second-order valence-corrected chi connectivity index (χ2v) is 8.25. The van der Waals surface area contributed by atoms with Crippen molar-refractivity contribution in [3.05, 3.63) is 35.4 Å². The summed E-state index contributed by atoms with van der Waals surface area (Å²) in [6.45, 7) is 9.01. The van der Waals surface area contributed by atoms with Crippen LogP contribution in [-0.2, 0) is 16.0 Å². The van der Waals surface area contributed by atoms with E-state index in [4.69, 9.17) is 4.74 Å². The van der Waals surface area contributed by atoms with Crippen molar-refractivity contribution >= 4 is 11.8 Å². The van der Waals surface area contributed by atoms with Crippen LogP contribution in [0.25, 0.3) is 0 Å². The van der Waals surface area contributed by atoms with E-state index in [1.54, 1.807) is 12.1 Å². The Hall–Kier alpha value is -1.64. The molecule has 0 aliphatic heterocycles. The average Bonchev–Trinajstić information content (AvgIpc) is 2.53. The monoisotopic (exact) mass is 330 g/mol.